The third-order valence-electron chi connectivity index (χ3n) is 2.49. The number of carbonyl (C=O) groups excluding carboxylic acids is 1. The predicted octanol–water partition coefficient (Wildman–Crippen LogP) is 1.10. The number of nitrogens with two attached hydrogens (primary N) is 1. The van der Waals surface area contributed by atoms with Gasteiger partial charge in [-0.05, 0) is 5.92 Å². The standard InChI is InChI=1S/C11H16N6O/c1-6(2)10-8(5-17(3)16-10)13-11(18)7-4-9(12)15-14-7/h4-6H,1-3H3,(H,13,18)(H3,12,14,15). The maximum atomic E-state index is 11.9. The molecule has 18 heavy (non-hydrogen) atoms. The molecule has 0 radical (unpaired) electrons. The van der Waals surface area contributed by atoms with Crippen molar-refractivity contribution in [3.63, 3.8) is 0 Å². The Labute approximate surface area is 104 Å². The van der Waals surface area contributed by atoms with E-state index in [0.29, 0.717) is 11.4 Å². The number of aromatic nitrogens is 4. The van der Waals surface area contributed by atoms with Gasteiger partial charge in [0.15, 0.2) is 0 Å². The number of hydrogen-bond donors (Lipinski definition) is 3. The number of nitrogens with zero attached hydrogens (tertiary/aromatic N) is 3. The number of aryl methyl sites for hydroxylation is 1. The van der Waals surface area contributed by atoms with Gasteiger partial charge in [-0.2, -0.15) is 10.2 Å². The molecule has 0 saturated carbocycles. The van der Waals surface area contributed by atoms with Crippen LogP contribution in [0.25, 0.3) is 0 Å². The Morgan fingerprint density at radius 3 is 2.83 bits per heavy atom. The lowest BCUT2D eigenvalue weighted by molar-refractivity contribution is 0.102. The number of nitrogens with one attached hydrogen (secondary N) is 2. The first-order valence-electron chi connectivity index (χ1n) is 5.63. The van der Waals surface area contributed by atoms with E-state index in [4.69, 9.17) is 5.73 Å². The molecule has 96 valence electrons. The molecule has 0 aliphatic rings. The van der Waals surface area contributed by atoms with Gasteiger partial charge in [0.2, 0.25) is 0 Å². The predicted molar refractivity (Wildman–Crippen MR) is 68.3 cm³/mol. The molecule has 2 aromatic rings. The maximum absolute atomic E-state index is 11.9. The zero-order valence-electron chi connectivity index (χ0n) is 10.6. The van der Waals surface area contributed by atoms with Crippen LogP contribution in [0.15, 0.2) is 12.3 Å². The molecule has 0 unspecified atom stereocenters. The van der Waals surface area contributed by atoms with Gasteiger partial charge in [0.05, 0.1) is 11.4 Å². The van der Waals surface area contributed by atoms with Gasteiger partial charge >= 0.3 is 0 Å². The van der Waals surface area contributed by atoms with Gasteiger partial charge in [-0.15, -0.1) is 0 Å². The molecule has 4 N–H and O–H groups in total. The van der Waals surface area contributed by atoms with Crippen LogP contribution in [0, 0.1) is 0 Å². The van der Waals surface area contributed by atoms with Gasteiger partial charge in [0.1, 0.15) is 11.5 Å². The Kier molecular flexibility index (Phi) is 3.05. The Balaban J connectivity index is 2.21. The number of aromatic amines is 1. The summed E-state index contributed by atoms with van der Waals surface area (Å²) in [4.78, 5) is 11.9. The average molecular weight is 248 g/mol. The van der Waals surface area contributed by atoms with E-state index in [-0.39, 0.29) is 17.6 Å². The topological polar surface area (TPSA) is 102 Å². The van der Waals surface area contributed by atoms with Gasteiger partial charge < -0.3 is 11.1 Å². The zero-order chi connectivity index (χ0) is 13.3. The average Bonchev–Trinajstić information content (AvgIpc) is 2.85. The number of anilines is 2. The largest absolute Gasteiger partial charge is 0.382 e. The minimum Gasteiger partial charge on any atom is -0.382 e. The van der Waals surface area contributed by atoms with Gasteiger partial charge in [0.25, 0.3) is 5.91 Å². The van der Waals surface area contributed by atoms with Crippen LogP contribution in [-0.2, 0) is 7.05 Å². The van der Waals surface area contributed by atoms with Crippen molar-refractivity contribution in [2.45, 2.75) is 19.8 Å². The summed E-state index contributed by atoms with van der Waals surface area (Å²) in [7, 11) is 1.82. The van der Waals surface area contributed by atoms with Crippen molar-refractivity contribution in [2.75, 3.05) is 11.1 Å². The van der Waals surface area contributed by atoms with Gasteiger partial charge in [-0.3, -0.25) is 14.6 Å². The lowest BCUT2D eigenvalue weighted by Crippen LogP contribution is -2.13. The van der Waals surface area contributed by atoms with E-state index in [1.54, 1.807) is 10.9 Å². The summed E-state index contributed by atoms with van der Waals surface area (Å²) >= 11 is 0. The van der Waals surface area contributed by atoms with Crippen molar-refractivity contribution in [2.24, 2.45) is 7.05 Å². The molecule has 2 rings (SSSR count). The number of nitrogen functional groups attached to an aromatic ring is 1. The number of rotatable bonds is 3. The fraction of sp³-hybridized carbons (Fsp3) is 0.364. The molecule has 0 aliphatic heterocycles. The van der Waals surface area contributed by atoms with Crippen LogP contribution < -0.4 is 11.1 Å². The molecule has 0 bridgehead atoms. The number of H-pyrrole nitrogens is 1. The third kappa shape index (κ3) is 2.34. The number of hydrogen-bond acceptors (Lipinski definition) is 4. The highest BCUT2D eigenvalue weighted by Crippen LogP contribution is 2.22. The first-order valence-corrected chi connectivity index (χ1v) is 5.63. The lowest BCUT2D eigenvalue weighted by Gasteiger charge is -2.05. The molecular weight excluding hydrogens is 232 g/mol. The second kappa shape index (κ2) is 4.52. The minimum absolute atomic E-state index is 0.230. The van der Waals surface area contributed by atoms with Crippen molar-refractivity contribution in [1.82, 2.24) is 20.0 Å². The molecule has 0 aliphatic carbocycles. The first-order chi connectivity index (χ1) is 8.47. The zero-order valence-corrected chi connectivity index (χ0v) is 10.6. The second-order valence-corrected chi connectivity index (χ2v) is 4.42. The highest BCUT2D eigenvalue weighted by atomic mass is 16.1. The van der Waals surface area contributed by atoms with E-state index in [0.717, 1.165) is 5.69 Å². The van der Waals surface area contributed by atoms with Crippen LogP contribution in [0.1, 0.15) is 35.9 Å². The first kappa shape index (κ1) is 12.2. The molecule has 0 atom stereocenters. The SMILES string of the molecule is CC(C)c1nn(C)cc1NC(=O)c1cc(N)n[nH]1. The molecule has 1 amide bonds. The summed E-state index contributed by atoms with van der Waals surface area (Å²) in [5, 5.41) is 13.4. The molecule has 0 spiro atoms. The van der Waals surface area contributed by atoms with Crippen molar-refractivity contribution in [1.29, 1.82) is 0 Å². The van der Waals surface area contributed by atoms with E-state index in [9.17, 15) is 4.79 Å². The fourth-order valence-corrected chi connectivity index (χ4v) is 1.67. The van der Waals surface area contributed by atoms with Crippen molar-refractivity contribution in [3.8, 4) is 0 Å². The molecule has 0 saturated heterocycles. The smallest absolute Gasteiger partial charge is 0.273 e. The highest BCUT2D eigenvalue weighted by Gasteiger charge is 2.15. The van der Waals surface area contributed by atoms with E-state index in [1.165, 1.54) is 6.07 Å². The van der Waals surface area contributed by atoms with E-state index in [2.05, 4.69) is 20.6 Å². The Morgan fingerprint density at radius 2 is 2.28 bits per heavy atom. The van der Waals surface area contributed by atoms with Crippen molar-refractivity contribution in [3.05, 3.63) is 23.7 Å². The quantitative estimate of drug-likeness (QED) is 0.757. The fourth-order valence-electron chi connectivity index (χ4n) is 1.67. The summed E-state index contributed by atoms with van der Waals surface area (Å²) < 4.78 is 1.67. The van der Waals surface area contributed by atoms with Gasteiger partial charge in [-0.1, -0.05) is 13.8 Å². The van der Waals surface area contributed by atoms with E-state index < -0.39 is 0 Å². The molecule has 2 heterocycles. The minimum atomic E-state index is -0.283. The molecular formula is C11H16N6O. The van der Waals surface area contributed by atoms with Gasteiger partial charge in [0, 0.05) is 19.3 Å². The summed E-state index contributed by atoms with van der Waals surface area (Å²) in [5.41, 5.74) is 7.32. The van der Waals surface area contributed by atoms with Crippen LogP contribution in [0.4, 0.5) is 11.5 Å². The summed E-state index contributed by atoms with van der Waals surface area (Å²) in [6, 6.07) is 1.49. The highest BCUT2D eigenvalue weighted by molar-refractivity contribution is 6.03. The second-order valence-electron chi connectivity index (χ2n) is 4.42. The van der Waals surface area contributed by atoms with Crippen LogP contribution in [0.5, 0.6) is 0 Å². The lowest BCUT2D eigenvalue weighted by atomic mass is 10.1. The van der Waals surface area contributed by atoms with E-state index >= 15 is 0 Å². The van der Waals surface area contributed by atoms with E-state index in [1.807, 2.05) is 20.9 Å². The van der Waals surface area contributed by atoms with Crippen LogP contribution in [-0.4, -0.2) is 25.9 Å². The Hall–Kier alpha value is -2.31. The molecule has 0 fully saturated rings. The Bertz CT molecular complexity index is 568. The van der Waals surface area contributed by atoms with Crippen LogP contribution in [0.2, 0.25) is 0 Å². The van der Waals surface area contributed by atoms with Crippen LogP contribution >= 0.6 is 0 Å². The van der Waals surface area contributed by atoms with Crippen LogP contribution in [0.3, 0.4) is 0 Å². The summed E-state index contributed by atoms with van der Waals surface area (Å²) in [6.07, 6.45) is 1.77. The molecule has 2 aromatic heterocycles. The summed E-state index contributed by atoms with van der Waals surface area (Å²) in [6.45, 7) is 4.04. The molecule has 0 aromatic carbocycles. The summed E-state index contributed by atoms with van der Waals surface area (Å²) in [5.74, 6) is 0.234. The monoisotopic (exact) mass is 248 g/mol. The maximum Gasteiger partial charge on any atom is 0.273 e. The van der Waals surface area contributed by atoms with Crippen molar-refractivity contribution < 1.29 is 4.79 Å². The van der Waals surface area contributed by atoms with Crippen molar-refractivity contribution >= 4 is 17.4 Å². The Morgan fingerprint density at radius 1 is 1.56 bits per heavy atom. The normalized spacial score (nSPS) is 10.9. The molecule has 7 heteroatoms. The number of amides is 1. The third-order valence-corrected chi connectivity index (χ3v) is 2.49. The number of carbonyl (C=O) groups is 1. The van der Waals surface area contributed by atoms with Gasteiger partial charge in [-0.25, -0.2) is 0 Å². The molecule has 7 nitrogen and oxygen atoms in total.